The van der Waals surface area contributed by atoms with E-state index in [1.54, 1.807) is 0 Å². The molecule has 1 aromatic carbocycles. The second-order valence-corrected chi connectivity index (χ2v) is 4.67. The van der Waals surface area contributed by atoms with Gasteiger partial charge in [-0.2, -0.15) is 0 Å². The third-order valence-corrected chi connectivity index (χ3v) is 3.48. The molecule has 0 aromatic heterocycles. The highest BCUT2D eigenvalue weighted by molar-refractivity contribution is 6.31. The Kier molecular flexibility index (Phi) is 4.08. The molecule has 3 heteroatoms. The Balaban J connectivity index is 1.82. The van der Waals surface area contributed by atoms with Gasteiger partial charge in [0.05, 0.1) is 6.10 Å². The first-order valence-corrected chi connectivity index (χ1v) is 6.26. The minimum atomic E-state index is 0.451. The lowest BCUT2D eigenvalue weighted by Crippen LogP contribution is -2.12. The molecule has 0 bridgehead atoms. The summed E-state index contributed by atoms with van der Waals surface area (Å²) in [7, 11) is 0. The minimum Gasteiger partial charge on any atom is -0.385 e. The Morgan fingerprint density at radius 1 is 1.50 bits per heavy atom. The molecule has 1 aromatic rings. The molecular formula is C13H18ClNO. The Hall–Kier alpha value is -0.730. The van der Waals surface area contributed by atoms with E-state index in [9.17, 15) is 0 Å². The molecule has 1 atom stereocenters. The van der Waals surface area contributed by atoms with E-state index in [2.05, 4.69) is 11.4 Å². The molecule has 0 saturated carbocycles. The molecule has 2 rings (SSSR count). The van der Waals surface area contributed by atoms with Crippen molar-refractivity contribution in [3.8, 4) is 0 Å². The van der Waals surface area contributed by atoms with Crippen molar-refractivity contribution in [1.82, 2.24) is 0 Å². The lowest BCUT2D eigenvalue weighted by molar-refractivity contribution is 0.107. The first-order chi connectivity index (χ1) is 7.77. The van der Waals surface area contributed by atoms with Crippen LogP contribution in [0.1, 0.15) is 24.8 Å². The van der Waals surface area contributed by atoms with E-state index in [1.165, 1.54) is 12.8 Å². The standard InChI is InChI=1S/C13H18ClNO/c1-10-12(14)5-2-6-13(10)15-8-7-11-4-3-9-16-11/h2,5-6,11,15H,3-4,7-9H2,1H3. The maximum atomic E-state index is 6.06. The molecule has 16 heavy (non-hydrogen) atoms. The van der Waals surface area contributed by atoms with Crippen LogP contribution in [0.15, 0.2) is 18.2 Å². The maximum Gasteiger partial charge on any atom is 0.0592 e. The molecule has 1 heterocycles. The van der Waals surface area contributed by atoms with Gasteiger partial charge in [0, 0.05) is 23.9 Å². The van der Waals surface area contributed by atoms with Crippen LogP contribution in [-0.4, -0.2) is 19.3 Å². The van der Waals surface area contributed by atoms with Crippen molar-refractivity contribution in [2.45, 2.75) is 32.3 Å². The summed E-state index contributed by atoms with van der Waals surface area (Å²) in [6.45, 7) is 3.92. The van der Waals surface area contributed by atoms with E-state index >= 15 is 0 Å². The molecule has 0 radical (unpaired) electrons. The van der Waals surface area contributed by atoms with Gasteiger partial charge in [0.1, 0.15) is 0 Å². The van der Waals surface area contributed by atoms with Crippen LogP contribution in [0.2, 0.25) is 5.02 Å². The Morgan fingerprint density at radius 3 is 3.12 bits per heavy atom. The molecule has 1 aliphatic rings. The van der Waals surface area contributed by atoms with Gasteiger partial charge in [-0.15, -0.1) is 0 Å². The van der Waals surface area contributed by atoms with Crippen LogP contribution in [0.25, 0.3) is 0 Å². The van der Waals surface area contributed by atoms with Crippen molar-refractivity contribution in [3.05, 3.63) is 28.8 Å². The number of halogens is 1. The van der Waals surface area contributed by atoms with Crippen LogP contribution in [-0.2, 0) is 4.74 Å². The summed E-state index contributed by atoms with van der Waals surface area (Å²) in [6, 6.07) is 5.96. The van der Waals surface area contributed by atoms with Crippen molar-refractivity contribution in [1.29, 1.82) is 0 Å². The van der Waals surface area contributed by atoms with Gasteiger partial charge in [0.2, 0.25) is 0 Å². The number of hydrogen-bond donors (Lipinski definition) is 1. The van der Waals surface area contributed by atoms with Gasteiger partial charge in [0.25, 0.3) is 0 Å². The van der Waals surface area contributed by atoms with Gasteiger partial charge in [-0.25, -0.2) is 0 Å². The monoisotopic (exact) mass is 239 g/mol. The van der Waals surface area contributed by atoms with Crippen LogP contribution in [0.3, 0.4) is 0 Å². The van der Waals surface area contributed by atoms with Crippen molar-refractivity contribution in [3.63, 3.8) is 0 Å². The summed E-state index contributed by atoms with van der Waals surface area (Å²) in [4.78, 5) is 0. The average Bonchev–Trinajstić information content (AvgIpc) is 2.77. The molecule has 88 valence electrons. The Bertz CT molecular complexity index is 348. The Morgan fingerprint density at radius 2 is 2.38 bits per heavy atom. The van der Waals surface area contributed by atoms with E-state index in [4.69, 9.17) is 16.3 Å². The number of ether oxygens (including phenoxy) is 1. The fourth-order valence-corrected chi connectivity index (χ4v) is 2.21. The summed E-state index contributed by atoms with van der Waals surface area (Å²) in [5.74, 6) is 0. The third-order valence-electron chi connectivity index (χ3n) is 3.07. The molecule has 0 spiro atoms. The maximum absolute atomic E-state index is 6.06. The minimum absolute atomic E-state index is 0.451. The fourth-order valence-electron chi connectivity index (χ4n) is 2.04. The second-order valence-electron chi connectivity index (χ2n) is 4.26. The van der Waals surface area contributed by atoms with Crippen LogP contribution in [0, 0.1) is 6.92 Å². The summed E-state index contributed by atoms with van der Waals surface area (Å²) in [5.41, 5.74) is 2.25. The number of rotatable bonds is 4. The zero-order valence-corrected chi connectivity index (χ0v) is 10.4. The number of anilines is 1. The first kappa shape index (κ1) is 11.7. The first-order valence-electron chi connectivity index (χ1n) is 5.88. The normalized spacial score (nSPS) is 20.0. The molecule has 0 aliphatic carbocycles. The van der Waals surface area contributed by atoms with E-state index in [0.717, 1.165) is 35.8 Å². The SMILES string of the molecule is Cc1c(Cl)cccc1NCCC1CCCO1. The van der Waals surface area contributed by atoms with Gasteiger partial charge >= 0.3 is 0 Å². The zero-order chi connectivity index (χ0) is 11.4. The number of nitrogens with one attached hydrogen (secondary N) is 1. The van der Waals surface area contributed by atoms with Crippen LogP contribution in [0.4, 0.5) is 5.69 Å². The van der Waals surface area contributed by atoms with Crippen molar-refractivity contribution >= 4 is 17.3 Å². The molecule has 1 fully saturated rings. The molecular weight excluding hydrogens is 222 g/mol. The quantitative estimate of drug-likeness (QED) is 0.867. The molecule has 2 nitrogen and oxygen atoms in total. The van der Waals surface area contributed by atoms with Crippen LogP contribution < -0.4 is 5.32 Å². The molecule has 1 N–H and O–H groups in total. The largest absolute Gasteiger partial charge is 0.385 e. The van der Waals surface area contributed by atoms with Crippen molar-refractivity contribution < 1.29 is 4.74 Å². The topological polar surface area (TPSA) is 21.3 Å². The number of benzene rings is 1. The smallest absolute Gasteiger partial charge is 0.0592 e. The van der Waals surface area contributed by atoms with Crippen LogP contribution in [0.5, 0.6) is 0 Å². The summed E-state index contributed by atoms with van der Waals surface area (Å²) in [6.07, 6.45) is 3.94. The average molecular weight is 240 g/mol. The highest BCUT2D eigenvalue weighted by Gasteiger charge is 2.14. The zero-order valence-electron chi connectivity index (χ0n) is 9.63. The van der Waals surface area contributed by atoms with E-state index < -0.39 is 0 Å². The molecule has 0 amide bonds. The van der Waals surface area contributed by atoms with E-state index in [-0.39, 0.29) is 0 Å². The van der Waals surface area contributed by atoms with Gasteiger partial charge in [0.15, 0.2) is 0 Å². The van der Waals surface area contributed by atoms with Gasteiger partial charge in [-0.3, -0.25) is 0 Å². The van der Waals surface area contributed by atoms with E-state index in [1.807, 2.05) is 19.1 Å². The summed E-state index contributed by atoms with van der Waals surface area (Å²) >= 11 is 6.06. The fraction of sp³-hybridized carbons (Fsp3) is 0.538. The van der Waals surface area contributed by atoms with Gasteiger partial charge in [-0.05, 0) is 43.9 Å². The predicted octanol–water partition coefficient (Wildman–Crippen LogP) is 3.63. The molecule has 1 aliphatic heterocycles. The Labute approximate surface area is 102 Å². The highest BCUT2D eigenvalue weighted by atomic mass is 35.5. The molecule has 1 unspecified atom stereocenters. The third kappa shape index (κ3) is 2.89. The summed E-state index contributed by atoms with van der Waals surface area (Å²) in [5, 5.41) is 4.24. The summed E-state index contributed by atoms with van der Waals surface area (Å²) < 4.78 is 5.58. The highest BCUT2D eigenvalue weighted by Crippen LogP contribution is 2.23. The van der Waals surface area contributed by atoms with Gasteiger partial charge < -0.3 is 10.1 Å². The number of hydrogen-bond acceptors (Lipinski definition) is 2. The van der Waals surface area contributed by atoms with E-state index in [0.29, 0.717) is 6.10 Å². The predicted molar refractivity (Wildman–Crippen MR) is 68.3 cm³/mol. The lowest BCUT2D eigenvalue weighted by atomic mass is 10.1. The van der Waals surface area contributed by atoms with Crippen molar-refractivity contribution in [2.24, 2.45) is 0 Å². The van der Waals surface area contributed by atoms with Crippen molar-refractivity contribution in [2.75, 3.05) is 18.5 Å². The van der Waals surface area contributed by atoms with Crippen LogP contribution >= 0.6 is 11.6 Å². The van der Waals surface area contributed by atoms with Gasteiger partial charge in [-0.1, -0.05) is 17.7 Å². The second kappa shape index (κ2) is 5.55. The molecule has 1 saturated heterocycles. The lowest BCUT2D eigenvalue weighted by Gasteiger charge is -2.13.